The van der Waals surface area contributed by atoms with Crippen LogP contribution in [0, 0.1) is 0 Å². The molecular formula is C13H21NO. The summed E-state index contributed by atoms with van der Waals surface area (Å²) < 4.78 is 0. The molecule has 0 amide bonds. The summed E-state index contributed by atoms with van der Waals surface area (Å²) in [5.41, 5.74) is 0.979. The number of phenolic OH excluding ortho intramolecular Hbond substituents is 1. The molecule has 1 aromatic carbocycles. The van der Waals surface area contributed by atoms with Crippen LogP contribution in [0.15, 0.2) is 24.3 Å². The minimum atomic E-state index is 0.386. The van der Waals surface area contributed by atoms with E-state index in [1.165, 1.54) is 12.8 Å². The van der Waals surface area contributed by atoms with Crippen molar-refractivity contribution in [3.63, 3.8) is 0 Å². The molecule has 0 aliphatic rings. The van der Waals surface area contributed by atoms with E-state index in [0.29, 0.717) is 11.8 Å². The fraction of sp³-hybridized carbons (Fsp3) is 0.538. The van der Waals surface area contributed by atoms with Crippen LogP contribution in [0.2, 0.25) is 0 Å². The number of hydrogen-bond acceptors (Lipinski definition) is 2. The zero-order valence-corrected chi connectivity index (χ0v) is 9.66. The molecule has 0 fully saturated rings. The smallest absolute Gasteiger partial charge is 0.120 e. The zero-order chi connectivity index (χ0) is 11.1. The number of phenols is 1. The average molecular weight is 207 g/mol. The molecule has 0 saturated carbocycles. The van der Waals surface area contributed by atoms with Crippen molar-refractivity contribution in [2.24, 2.45) is 0 Å². The fourth-order valence-corrected chi connectivity index (χ4v) is 1.71. The Morgan fingerprint density at radius 2 is 2.00 bits per heavy atom. The predicted molar refractivity (Wildman–Crippen MR) is 63.9 cm³/mol. The molecule has 1 rings (SSSR count). The van der Waals surface area contributed by atoms with Gasteiger partial charge in [-0.2, -0.15) is 0 Å². The van der Waals surface area contributed by atoms with Gasteiger partial charge in [-0.05, 0) is 18.9 Å². The molecule has 0 unspecified atom stereocenters. The molecule has 0 aliphatic heterocycles. The summed E-state index contributed by atoms with van der Waals surface area (Å²) in [6.45, 7) is 5.15. The Balaban J connectivity index is 2.45. The highest BCUT2D eigenvalue weighted by Crippen LogP contribution is 2.15. The monoisotopic (exact) mass is 207 g/mol. The second kappa shape index (κ2) is 6.46. The molecule has 0 aliphatic carbocycles. The van der Waals surface area contributed by atoms with E-state index in [-0.39, 0.29) is 0 Å². The van der Waals surface area contributed by atoms with E-state index in [9.17, 15) is 5.11 Å². The van der Waals surface area contributed by atoms with E-state index < -0.39 is 0 Å². The van der Waals surface area contributed by atoms with E-state index in [1.54, 1.807) is 6.07 Å². The predicted octanol–water partition coefficient (Wildman–Crippen LogP) is 3.06. The topological polar surface area (TPSA) is 32.3 Å². The largest absolute Gasteiger partial charge is 0.508 e. The van der Waals surface area contributed by atoms with Crippen LogP contribution >= 0.6 is 0 Å². The first-order valence-electron chi connectivity index (χ1n) is 5.78. The van der Waals surface area contributed by atoms with Crippen LogP contribution in [0.5, 0.6) is 5.75 Å². The third kappa shape index (κ3) is 3.92. The Morgan fingerprint density at radius 1 is 1.27 bits per heavy atom. The number of nitrogens with one attached hydrogen (secondary N) is 1. The zero-order valence-electron chi connectivity index (χ0n) is 9.66. The summed E-state index contributed by atoms with van der Waals surface area (Å²) in [5, 5.41) is 13.1. The number of rotatable bonds is 6. The highest BCUT2D eigenvalue weighted by molar-refractivity contribution is 5.31. The van der Waals surface area contributed by atoms with Crippen LogP contribution in [-0.4, -0.2) is 11.1 Å². The van der Waals surface area contributed by atoms with Crippen molar-refractivity contribution in [3.8, 4) is 5.75 Å². The lowest BCUT2D eigenvalue weighted by molar-refractivity contribution is 0.439. The summed E-state index contributed by atoms with van der Waals surface area (Å²) in [6, 6.07) is 8.06. The van der Waals surface area contributed by atoms with Gasteiger partial charge in [-0.15, -0.1) is 0 Å². The van der Waals surface area contributed by atoms with Gasteiger partial charge in [0, 0.05) is 18.2 Å². The Morgan fingerprint density at radius 3 is 2.60 bits per heavy atom. The van der Waals surface area contributed by atoms with E-state index in [1.807, 2.05) is 18.2 Å². The lowest BCUT2D eigenvalue weighted by Crippen LogP contribution is -2.27. The Bertz CT molecular complexity index is 286. The molecule has 0 bridgehead atoms. The molecule has 2 heteroatoms. The molecule has 0 saturated heterocycles. The van der Waals surface area contributed by atoms with E-state index in [4.69, 9.17) is 0 Å². The summed E-state index contributed by atoms with van der Waals surface area (Å²) >= 11 is 0. The SMILES string of the molecule is CCC[C@@H](CC)NCc1ccccc1O. The van der Waals surface area contributed by atoms with Gasteiger partial charge in [0.15, 0.2) is 0 Å². The first-order chi connectivity index (χ1) is 7.27. The lowest BCUT2D eigenvalue weighted by atomic mass is 10.1. The normalized spacial score (nSPS) is 12.7. The van der Waals surface area contributed by atoms with Gasteiger partial charge in [0.05, 0.1) is 0 Å². The maximum absolute atomic E-state index is 9.59. The molecule has 1 atom stereocenters. The van der Waals surface area contributed by atoms with Crippen LogP contribution in [0.1, 0.15) is 38.7 Å². The number of para-hydroxylation sites is 1. The Hall–Kier alpha value is -1.02. The van der Waals surface area contributed by atoms with Crippen molar-refractivity contribution in [3.05, 3.63) is 29.8 Å². The van der Waals surface area contributed by atoms with E-state index >= 15 is 0 Å². The minimum absolute atomic E-state index is 0.386. The first-order valence-corrected chi connectivity index (χ1v) is 5.78. The van der Waals surface area contributed by atoms with Gasteiger partial charge in [0.2, 0.25) is 0 Å². The van der Waals surface area contributed by atoms with Gasteiger partial charge in [0.1, 0.15) is 5.75 Å². The van der Waals surface area contributed by atoms with Crippen molar-refractivity contribution in [1.29, 1.82) is 0 Å². The van der Waals surface area contributed by atoms with Crippen molar-refractivity contribution in [1.82, 2.24) is 5.32 Å². The van der Waals surface area contributed by atoms with E-state index in [2.05, 4.69) is 19.2 Å². The maximum atomic E-state index is 9.59. The average Bonchev–Trinajstić information content (AvgIpc) is 2.26. The molecule has 15 heavy (non-hydrogen) atoms. The van der Waals surface area contributed by atoms with Crippen molar-refractivity contribution in [2.75, 3.05) is 0 Å². The summed E-state index contributed by atoms with van der Waals surface area (Å²) in [6.07, 6.45) is 3.54. The van der Waals surface area contributed by atoms with Crippen molar-refractivity contribution < 1.29 is 5.11 Å². The molecule has 0 spiro atoms. The lowest BCUT2D eigenvalue weighted by Gasteiger charge is -2.16. The van der Waals surface area contributed by atoms with Crippen LogP contribution in [-0.2, 0) is 6.54 Å². The highest BCUT2D eigenvalue weighted by Gasteiger charge is 2.05. The summed E-state index contributed by atoms with van der Waals surface area (Å²) in [5.74, 6) is 0.386. The van der Waals surface area contributed by atoms with Gasteiger partial charge in [-0.25, -0.2) is 0 Å². The molecule has 1 aromatic rings. The van der Waals surface area contributed by atoms with Gasteiger partial charge in [-0.3, -0.25) is 0 Å². The second-order valence-corrected chi connectivity index (χ2v) is 3.90. The molecule has 2 N–H and O–H groups in total. The third-order valence-corrected chi connectivity index (χ3v) is 2.70. The number of aromatic hydroxyl groups is 1. The second-order valence-electron chi connectivity index (χ2n) is 3.90. The van der Waals surface area contributed by atoms with Crippen LogP contribution in [0.3, 0.4) is 0 Å². The molecule has 0 aromatic heterocycles. The van der Waals surface area contributed by atoms with Gasteiger partial charge in [0.25, 0.3) is 0 Å². The van der Waals surface area contributed by atoms with Crippen LogP contribution in [0.25, 0.3) is 0 Å². The quantitative estimate of drug-likeness (QED) is 0.751. The summed E-state index contributed by atoms with van der Waals surface area (Å²) in [7, 11) is 0. The van der Waals surface area contributed by atoms with Gasteiger partial charge >= 0.3 is 0 Å². The number of hydrogen-bond donors (Lipinski definition) is 2. The third-order valence-electron chi connectivity index (χ3n) is 2.70. The van der Waals surface area contributed by atoms with Crippen molar-refractivity contribution in [2.45, 2.75) is 45.7 Å². The maximum Gasteiger partial charge on any atom is 0.120 e. The Labute approximate surface area is 92.3 Å². The molecular weight excluding hydrogens is 186 g/mol. The first kappa shape index (κ1) is 12.1. The van der Waals surface area contributed by atoms with Gasteiger partial charge in [-0.1, -0.05) is 38.5 Å². The molecule has 0 heterocycles. The van der Waals surface area contributed by atoms with Crippen LogP contribution < -0.4 is 5.32 Å². The highest BCUT2D eigenvalue weighted by atomic mass is 16.3. The molecule has 84 valence electrons. The standard InChI is InChI=1S/C13H21NO/c1-3-7-12(4-2)14-10-11-8-5-6-9-13(11)15/h5-6,8-9,12,14-15H,3-4,7,10H2,1-2H3/t12-/m1/s1. The molecule has 2 nitrogen and oxygen atoms in total. The molecule has 0 radical (unpaired) electrons. The summed E-state index contributed by atoms with van der Waals surface area (Å²) in [4.78, 5) is 0. The Kier molecular flexibility index (Phi) is 5.19. The minimum Gasteiger partial charge on any atom is -0.508 e. The van der Waals surface area contributed by atoms with Crippen LogP contribution in [0.4, 0.5) is 0 Å². The van der Waals surface area contributed by atoms with Gasteiger partial charge < -0.3 is 10.4 Å². The fourth-order valence-electron chi connectivity index (χ4n) is 1.71. The van der Waals surface area contributed by atoms with Crippen molar-refractivity contribution >= 4 is 0 Å². The number of benzene rings is 1. The van der Waals surface area contributed by atoms with E-state index in [0.717, 1.165) is 18.5 Å².